The monoisotopic (exact) mass is 502 g/mol. The van der Waals surface area contributed by atoms with Crippen molar-refractivity contribution in [2.45, 2.75) is 0 Å². The summed E-state index contributed by atoms with van der Waals surface area (Å²) in [5.41, 5.74) is 9.16. The van der Waals surface area contributed by atoms with Crippen molar-refractivity contribution in [1.29, 1.82) is 0 Å². The highest BCUT2D eigenvalue weighted by Gasteiger charge is 2.18. The fourth-order valence-corrected chi connectivity index (χ4v) is 6.81. The molecule has 8 aromatic rings. The van der Waals surface area contributed by atoms with Crippen molar-refractivity contribution in [1.82, 2.24) is 9.55 Å². The average molecular weight is 503 g/mol. The van der Waals surface area contributed by atoms with E-state index in [1.807, 2.05) is 0 Å². The van der Waals surface area contributed by atoms with Gasteiger partial charge in [0.1, 0.15) is 0 Å². The van der Waals surface area contributed by atoms with Crippen LogP contribution in [0.1, 0.15) is 0 Å². The van der Waals surface area contributed by atoms with E-state index in [9.17, 15) is 0 Å². The van der Waals surface area contributed by atoms with Gasteiger partial charge in [0.05, 0.1) is 32.6 Å². The molecule has 0 bridgehead atoms. The lowest BCUT2D eigenvalue weighted by Crippen LogP contribution is -1.98. The minimum absolute atomic E-state index is 0.994. The SMILES string of the molecule is c1ccc(-c2ccccc2-n2c3ccccc3c3ccccc32)c(-c2ccc3sc4ccccc4c3n2)c1. The van der Waals surface area contributed by atoms with E-state index in [1.165, 1.54) is 53.4 Å². The molecular formula is C35H22N2S. The number of hydrogen-bond acceptors (Lipinski definition) is 2. The predicted molar refractivity (Wildman–Crippen MR) is 162 cm³/mol. The summed E-state index contributed by atoms with van der Waals surface area (Å²) in [4.78, 5) is 5.22. The Kier molecular flexibility index (Phi) is 4.73. The molecule has 0 aliphatic carbocycles. The first kappa shape index (κ1) is 21.4. The van der Waals surface area contributed by atoms with Crippen LogP contribution in [-0.2, 0) is 0 Å². The van der Waals surface area contributed by atoms with Crippen LogP contribution in [0.3, 0.4) is 0 Å². The Morgan fingerprint density at radius 1 is 0.447 bits per heavy atom. The van der Waals surface area contributed by atoms with E-state index in [4.69, 9.17) is 4.98 Å². The van der Waals surface area contributed by atoms with Crippen molar-refractivity contribution in [3.05, 3.63) is 133 Å². The Morgan fingerprint density at radius 2 is 1.03 bits per heavy atom. The number of fused-ring (bicyclic) bond motifs is 6. The van der Waals surface area contributed by atoms with Crippen LogP contribution in [-0.4, -0.2) is 9.55 Å². The Labute approximate surface area is 224 Å². The molecule has 0 fully saturated rings. The smallest absolute Gasteiger partial charge is 0.0895 e. The lowest BCUT2D eigenvalue weighted by Gasteiger charge is -2.16. The standard InChI is InChI=1S/C35H22N2S/c1-2-12-24(29-21-22-34-35(36-29)28-16-6-10-20-33(28)38-34)23(11-1)25-13-3-7-17-30(25)37-31-18-8-4-14-26(31)27-15-5-9-19-32(27)37/h1-22H. The number of benzene rings is 5. The first-order valence-electron chi connectivity index (χ1n) is 12.8. The fourth-order valence-electron chi connectivity index (χ4n) is 5.76. The summed E-state index contributed by atoms with van der Waals surface area (Å²) in [6.07, 6.45) is 0. The molecule has 0 atom stereocenters. The third-order valence-electron chi connectivity index (χ3n) is 7.44. The molecule has 38 heavy (non-hydrogen) atoms. The van der Waals surface area contributed by atoms with Gasteiger partial charge in [-0.05, 0) is 42.0 Å². The molecule has 0 saturated carbocycles. The highest BCUT2D eigenvalue weighted by molar-refractivity contribution is 7.25. The highest BCUT2D eigenvalue weighted by Crippen LogP contribution is 2.40. The molecule has 3 aromatic heterocycles. The molecule has 0 amide bonds. The maximum absolute atomic E-state index is 5.22. The lowest BCUT2D eigenvalue weighted by molar-refractivity contribution is 1.18. The molecule has 0 spiro atoms. The molecule has 0 saturated heterocycles. The first-order valence-corrected chi connectivity index (χ1v) is 13.6. The molecule has 8 rings (SSSR count). The molecule has 0 unspecified atom stereocenters. The van der Waals surface area contributed by atoms with Crippen molar-refractivity contribution in [3.8, 4) is 28.1 Å². The summed E-state index contributed by atoms with van der Waals surface area (Å²) >= 11 is 1.80. The summed E-state index contributed by atoms with van der Waals surface area (Å²) < 4.78 is 4.90. The average Bonchev–Trinajstić information content (AvgIpc) is 3.53. The van der Waals surface area contributed by atoms with Gasteiger partial charge < -0.3 is 4.57 Å². The highest BCUT2D eigenvalue weighted by atomic mass is 32.1. The second-order valence-corrected chi connectivity index (χ2v) is 10.7. The number of para-hydroxylation sites is 3. The van der Waals surface area contributed by atoms with Crippen LogP contribution in [0.25, 0.3) is 70.2 Å². The summed E-state index contributed by atoms with van der Waals surface area (Å²) in [7, 11) is 0. The number of aromatic nitrogens is 2. The molecule has 178 valence electrons. The van der Waals surface area contributed by atoms with Gasteiger partial charge in [0.2, 0.25) is 0 Å². The Morgan fingerprint density at radius 3 is 1.79 bits per heavy atom. The van der Waals surface area contributed by atoms with Crippen LogP contribution in [0.5, 0.6) is 0 Å². The van der Waals surface area contributed by atoms with Crippen LogP contribution >= 0.6 is 11.3 Å². The quantitative estimate of drug-likeness (QED) is 0.235. The van der Waals surface area contributed by atoms with Gasteiger partial charge in [0, 0.05) is 32.0 Å². The third kappa shape index (κ3) is 3.16. The van der Waals surface area contributed by atoms with Crippen molar-refractivity contribution in [2.75, 3.05) is 0 Å². The molecule has 0 aliphatic rings. The number of thiophene rings is 1. The van der Waals surface area contributed by atoms with Crippen molar-refractivity contribution < 1.29 is 0 Å². The van der Waals surface area contributed by atoms with Crippen LogP contribution < -0.4 is 0 Å². The minimum atomic E-state index is 0.994. The zero-order valence-corrected chi connectivity index (χ0v) is 21.3. The van der Waals surface area contributed by atoms with E-state index in [0.717, 1.165) is 16.8 Å². The van der Waals surface area contributed by atoms with E-state index < -0.39 is 0 Å². The second-order valence-electron chi connectivity index (χ2n) is 9.57. The summed E-state index contributed by atoms with van der Waals surface area (Å²) in [6, 6.07) is 47.7. The molecule has 0 radical (unpaired) electrons. The summed E-state index contributed by atoms with van der Waals surface area (Å²) in [5.74, 6) is 0. The fraction of sp³-hybridized carbons (Fsp3) is 0. The number of pyridine rings is 1. The molecular weight excluding hydrogens is 480 g/mol. The molecule has 3 heteroatoms. The van der Waals surface area contributed by atoms with Crippen molar-refractivity contribution in [2.24, 2.45) is 0 Å². The van der Waals surface area contributed by atoms with Gasteiger partial charge in [-0.25, -0.2) is 4.98 Å². The maximum Gasteiger partial charge on any atom is 0.0895 e. The molecule has 0 N–H and O–H groups in total. The van der Waals surface area contributed by atoms with Gasteiger partial charge in [0.15, 0.2) is 0 Å². The van der Waals surface area contributed by atoms with Crippen molar-refractivity contribution >= 4 is 53.4 Å². The van der Waals surface area contributed by atoms with Crippen LogP contribution in [0.15, 0.2) is 133 Å². The minimum Gasteiger partial charge on any atom is -0.309 e. The Hall–Kier alpha value is -4.73. The molecule has 0 aliphatic heterocycles. The number of nitrogens with zero attached hydrogens (tertiary/aromatic N) is 2. The maximum atomic E-state index is 5.22. The van der Waals surface area contributed by atoms with E-state index in [2.05, 4.69) is 138 Å². The van der Waals surface area contributed by atoms with Gasteiger partial charge >= 0.3 is 0 Å². The van der Waals surface area contributed by atoms with Crippen molar-refractivity contribution in [3.63, 3.8) is 0 Å². The van der Waals surface area contributed by atoms with Gasteiger partial charge in [0.25, 0.3) is 0 Å². The molecule has 3 heterocycles. The van der Waals surface area contributed by atoms with Gasteiger partial charge in [-0.1, -0.05) is 97.1 Å². The lowest BCUT2D eigenvalue weighted by atomic mass is 9.95. The molecule has 2 nitrogen and oxygen atoms in total. The summed E-state index contributed by atoms with van der Waals surface area (Å²) in [6.45, 7) is 0. The zero-order chi connectivity index (χ0) is 25.1. The van der Waals surface area contributed by atoms with Crippen LogP contribution in [0.2, 0.25) is 0 Å². The van der Waals surface area contributed by atoms with Crippen LogP contribution in [0, 0.1) is 0 Å². The van der Waals surface area contributed by atoms with E-state index in [-0.39, 0.29) is 0 Å². The largest absolute Gasteiger partial charge is 0.309 e. The topological polar surface area (TPSA) is 17.8 Å². The zero-order valence-electron chi connectivity index (χ0n) is 20.5. The van der Waals surface area contributed by atoms with E-state index in [0.29, 0.717) is 0 Å². The van der Waals surface area contributed by atoms with E-state index in [1.54, 1.807) is 11.3 Å². The third-order valence-corrected chi connectivity index (χ3v) is 8.56. The normalized spacial score (nSPS) is 11.7. The van der Waals surface area contributed by atoms with Gasteiger partial charge in [-0.15, -0.1) is 11.3 Å². The van der Waals surface area contributed by atoms with E-state index >= 15 is 0 Å². The van der Waals surface area contributed by atoms with Gasteiger partial charge in [-0.2, -0.15) is 0 Å². The van der Waals surface area contributed by atoms with Crippen LogP contribution in [0.4, 0.5) is 0 Å². The Bertz CT molecular complexity index is 2090. The number of hydrogen-bond donors (Lipinski definition) is 0. The summed E-state index contributed by atoms with van der Waals surface area (Å²) in [5, 5.41) is 3.75. The first-order chi connectivity index (χ1) is 18.9. The second kappa shape index (κ2) is 8.41. The predicted octanol–water partition coefficient (Wildman–Crippen LogP) is 9.88. The number of rotatable bonds is 3. The Balaban J connectivity index is 1.39. The van der Waals surface area contributed by atoms with Gasteiger partial charge in [-0.3, -0.25) is 0 Å². The molecule has 5 aromatic carbocycles.